The van der Waals surface area contributed by atoms with Crippen LogP contribution in [-0.2, 0) is 9.84 Å². The van der Waals surface area contributed by atoms with Crippen LogP contribution >= 0.6 is 11.3 Å². The lowest BCUT2D eigenvalue weighted by molar-refractivity contribution is 0.0725. The Kier molecular flexibility index (Phi) is 5.62. The van der Waals surface area contributed by atoms with Crippen LogP contribution in [0.1, 0.15) is 28.2 Å². The van der Waals surface area contributed by atoms with E-state index in [0.29, 0.717) is 31.5 Å². The van der Waals surface area contributed by atoms with Crippen LogP contribution in [0.4, 0.5) is 0 Å². The Hall–Kier alpha value is -2.71. The molecular weight excluding hydrogens is 420 g/mol. The van der Waals surface area contributed by atoms with Crippen molar-refractivity contribution < 1.29 is 18.3 Å². The van der Waals surface area contributed by atoms with Gasteiger partial charge in [0.1, 0.15) is 5.75 Å². The van der Waals surface area contributed by atoms with E-state index in [1.54, 1.807) is 22.3 Å². The van der Waals surface area contributed by atoms with Gasteiger partial charge in [-0.3, -0.25) is 4.79 Å². The number of likely N-dealkylation sites (tertiary alicyclic amines) is 1. The van der Waals surface area contributed by atoms with E-state index in [1.165, 1.54) is 24.3 Å². The fourth-order valence-electron chi connectivity index (χ4n) is 3.71. The van der Waals surface area contributed by atoms with Gasteiger partial charge in [0, 0.05) is 29.6 Å². The molecule has 1 saturated heterocycles. The van der Waals surface area contributed by atoms with Gasteiger partial charge in [-0.15, -0.1) is 11.3 Å². The van der Waals surface area contributed by atoms with Crippen LogP contribution in [0.25, 0.3) is 11.3 Å². The number of phenolic OH excluding ortho intramolecular Hbond substituents is 1. The van der Waals surface area contributed by atoms with E-state index in [1.807, 2.05) is 30.5 Å². The molecule has 0 atom stereocenters. The Morgan fingerprint density at radius 1 is 1.13 bits per heavy atom. The number of aromatic hydroxyl groups is 1. The predicted octanol–water partition coefficient (Wildman–Crippen LogP) is 3.90. The van der Waals surface area contributed by atoms with Crippen molar-refractivity contribution in [2.24, 2.45) is 0 Å². The molecule has 0 aliphatic carbocycles. The maximum absolute atomic E-state index is 13.0. The SMILES string of the molecule is Cc1nc(-c2cccc(C(=O)N3CCC(S(=O)(=O)c4cccc(O)c4)CC3)c2)cs1. The summed E-state index contributed by atoms with van der Waals surface area (Å²) in [7, 11) is -3.54. The molecule has 0 unspecified atom stereocenters. The van der Waals surface area contributed by atoms with Crippen molar-refractivity contribution in [3.8, 4) is 17.0 Å². The van der Waals surface area contributed by atoms with Gasteiger partial charge in [0.15, 0.2) is 9.84 Å². The van der Waals surface area contributed by atoms with Crippen LogP contribution in [0.2, 0.25) is 0 Å². The minimum absolute atomic E-state index is 0.0705. The number of amides is 1. The van der Waals surface area contributed by atoms with Crippen molar-refractivity contribution in [1.82, 2.24) is 9.88 Å². The number of hydrogen-bond donors (Lipinski definition) is 1. The molecular formula is C22H22N2O4S2. The van der Waals surface area contributed by atoms with Crippen LogP contribution < -0.4 is 0 Å². The van der Waals surface area contributed by atoms with E-state index < -0.39 is 15.1 Å². The third kappa shape index (κ3) is 4.11. The van der Waals surface area contributed by atoms with E-state index in [9.17, 15) is 18.3 Å². The van der Waals surface area contributed by atoms with Gasteiger partial charge in [-0.1, -0.05) is 18.2 Å². The number of thiazole rings is 1. The van der Waals surface area contributed by atoms with E-state index in [2.05, 4.69) is 4.98 Å². The fourth-order valence-corrected chi connectivity index (χ4v) is 6.10. The normalized spacial score (nSPS) is 15.3. The summed E-state index contributed by atoms with van der Waals surface area (Å²) in [5.41, 5.74) is 2.32. The molecule has 1 aromatic heterocycles. The zero-order valence-corrected chi connectivity index (χ0v) is 18.1. The van der Waals surface area contributed by atoms with E-state index in [-0.39, 0.29) is 16.6 Å². The van der Waals surface area contributed by atoms with Crippen LogP contribution in [0.3, 0.4) is 0 Å². The summed E-state index contributed by atoms with van der Waals surface area (Å²) in [5, 5.41) is 12.0. The smallest absolute Gasteiger partial charge is 0.253 e. The van der Waals surface area contributed by atoms with E-state index >= 15 is 0 Å². The molecule has 0 bridgehead atoms. The second kappa shape index (κ2) is 8.20. The average molecular weight is 443 g/mol. The highest BCUT2D eigenvalue weighted by molar-refractivity contribution is 7.92. The number of sulfone groups is 1. The number of phenols is 1. The second-order valence-corrected chi connectivity index (χ2v) is 10.7. The van der Waals surface area contributed by atoms with E-state index in [0.717, 1.165) is 16.3 Å². The maximum atomic E-state index is 13.0. The third-order valence-corrected chi connectivity index (χ3v) is 8.37. The van der Waals surface area contributed by atoms with Crippen LogP contribution in [-0.4, -0.2) is 47.7 Å². The zero-order chi connectivity index (χ0) is 21.3. The molecule has 3 aromatic rings. The first-order valence-corrected chi connectivity index (χ1v) is 12.1. The summed E-state index contributed by atoms with van der Waals surface area (Å²) < 4.78 is 25.7. The number of rotatable bonds is 4. The highest BCUT2D eigenvalue weighted by atomic mass is 32.2. The number of piperidine rings is 1. The number of carbonyl (C=O) groups is 1. The maximum Gasteiger partial charge on any atom is 0.253 e. The summed E-state index contributed by atoms with van der Waals surface area (Å²) in [6, 6.07) is 13.1. The summed E-state index contributed by atoms with van der Waals surface area (Å²) >= 11 is 1.56. The molecule has 1 N–H and O–H groups in total. The molecule has 30 heavy (non-hydrogen) atoms. The van der Waals surface area contributed by atoms with Gasteiger partial charge < -0.3 is 10.0 Å². The molecule has 156 valence electrons. The van der Waals surface area contributed by atoms with Gasteiger partial charge >= 0.3 is 0 Å². The topological polar surface area (TPSA) is 87.6 Å². The summed E-state index contributed by atoms with van der Waals surface area (Å²) in [6.07, 6.45) is 0.739. The van der Waals surface area contributed by atoms with Gasteiger partial charge in [-0.25, -0.2) is 13.4 Å². The Morgan fingerprint density at radius 2 is 1.87 bits per heavy atom. The lowest BCUT2D eigenvalue weighted by atomic mass is 10.1. The predicted molar refractivity (Wildman–Crippen MR) is 117 cm³/mol. The van der Waals surface area contributed by atoms with Crippen molar-refractivity contribution in [1.29, 1.82) is 0 Å². The molecule has 6 nitrogen and oxygen atoms in total. The van der Waals surface area contributed by atoms with Crippen molar-refractivity contribution in [2.45, 2.75) is 29.9 Å². The molecule has 0 spiro atoms. The standard InChI is InChI=1S/C22H22N2O4S2/c1-15-23-21(14-29-15)16-4-2-5-17(12-16)22(26)24-10-8-19(9-11-24)30(27,28)20-7-3-6-18(25)13-20/h2-7,12-14,19,25H,8-11H2,1H3. The summed E-state index contributed by atoms with van der Waals surface area (Å²) in [6.45, 7) is 2.70. The van der Waals surface area contributed by atoms with Crippen molar-refractivity contribution in [3.05, 3.63) is 64.5 Å². The average Bonchev–Trinajstić information content (AvgIpc) is 3.20. The molecule has 1 aliphatic heterocycles. The molecule has 1 aliphatic rings. The molecule has 8 heteroatoms. The molecule has 2 heterocycles. The van der Waals surface area contributed by atoms with E-state index in [4.69, 9.17) is 0 Å². The lowest BCUT2D eigenvalue weighted by Gasteiger charge is -2.32. The quantitative estimate of drug-likeness (QED) is 0.662. The first-order chi connectivity index (χ1) is 14.3. The summed E-state index contributed by atoms with van der Waals surface area (Å²) in [4.78, 5) is 19.3. The molecule has 0 saturated carbocycles. The molecule has 4 rings (SSSR count). The zero-order valence-electron chi connectivity index (χ0n) is 16.5. The van der Waals surface area contributed by atoms with Crippen molar-refractivity contribution in [2.75, 3.05) is 13.1 Å². The third-order valence-electron chi connectivity index (χ3n) is 5.34. The minimum atomic E-state index is -3.54. The van der Waals surface area contributed by atoms with Gasteiger partial charge in [-0.05, 0) is 50.1 Å². The molecule has 2 aromatic carbocycles. The first kappa shape index (κ1) is 20.6. The highest BCUT2D eigenvalue weighted by Gasteiger charge is 2.33. The van der Waals surface area contributed by atoms with Gasteiger partial charge in [-0.2, -0.15) is 0 Å². The second-order valence-electron chi connectivity index (χ2n) is 7.37. The Morgan fingerprint density at radius 3 is 2.53 bits per heavy atom. The number of benzene rings is 2. The largest absolute Gasteiger partial charge is 0.508 e. The van der Waals surface area contributed by atoms with Crippen LogP contribution in [0.15, 0.2) is 58.8 Å². The number of hydrogen-bond acceptors (Lipinski definition) is 6. The van der Waals surface area contributed by atoms with Gasteiger partial charge in [0.05, 0.1) is 20.8 Å². The lowest BCUT2D eigenvalue weighted by Crippen LogP contribution is -2.42. The Bertz CT molecular complexity index is 1180. The first-order valence-electron chi connectivity index (χ1n) is 9.69. The van der Waals surface area contributed by atoms with Gasteiger partial charge in [0.2, 0.25) is 0 Å². The molecule has 1 fully saturated rings. The molecule has 0 radical (unpaired) electrons. The minimum Gasteiger partial charge on any atom is -0.508 e. The van der Waals surface area contributed by atoms with Crippen LogP contribution in [0.5, 0.6) is 5.75 Å². The Balaban J connectivity index is 1.46. The number of carbonyl (C=O) groups excluding carboxylic acids is 1. The molecule has 1 amide bonds. The van der Waals surface area contributed by atoms with Crippen molar-refractivity contribution in [3.63, 3.8) is 0 Å². The number of nitrogens with zero attached hydrogens (tertiary/aromatic N) is 2. The van der Waals surface area contributed by atoms with Crippen LogP contribution in [0, 0.1) is 6.92 Å². The summed E-state index contributed by atoms with van der Waals surface area (Å²) in [5.74, 6) is -0.170. The number of aromatic nitrogens is 1. The number of aryl methyl sites for hydroxylation is 1. The fraction of sp³-hybridized carbons (Fsp3) is 0.273. The van der Waals surface area contributed by atoms with Crippen molar-refractivity contribution >= 4 is 27.1 Å². The highest BCUT2D eigenvalue weighted by Crippen LogP contribution is 2.28. The Labute approximate surface area is 179 Å². The van der Waals surface area contributed by atoms with Gasteiger partial charge in [0.25, 0.3) is 5.91 Å². The monoisotopic (exact) mass is 442 g/mol.